The van der Waals surface area contributed by atoms with Crippen LogP contribution in [0.25, 0.3) is 0 Å². The van der Waals surface area contributed by atoms with E-state index >= 15 is 0 Å². The molecular weight excluding hydrogens is 228 g/mol. The third kappa shape index (κ3) is 3.52. The van der Waals surface area contributed by atoms with Crippen molar-refractivity contribution in [2.45, 2.75) is 44.1 Å². The van der Waals surface area contributed by atoms with Crippen molar-refractivity contribution in [1.29, 1.82) is 0 Å². The second-order valence-electron chi connectivity index (χ2n) is 3.75. The second-order valence-corrected chi connectivity index (χ2v) is 4.94. The van der Waals surface area contributed by atoms with Gasteiger partial charge in [-0.15, -0.1) is 11.8 Å². The van der Waals surface area contributed by atoms with Crippen molar-refractivity contribution in [2.75, 3.05) is 0 Å². The first-order valence-electron chi connectivity index (χ1n) is 5.21. The van der Waals surface area contributed by atoms with Gasteiger partial charge in [-0.05, 0) is 6.42 Å². The average molecular weight is 244 g/mol. The van der Waals surface area contributed by atoms with Gasteiger partial charge < -0.3 is 9.63 Å². The topological polar surface area (TPSA) is 76.2 Å². The number of aromatic nitrogens is 2. The highest BCUT2D eigenvalue weighted by Crippen LogP contribution is 2.20. The first-order chi connectivity index (χ1) is 7.54. The van der Waals surface area contributed by atoms with Crippen LogP contribution in [0.3, 0.4) is 0 Å². The van der Waals surface area contributed by atoms with Crippen LogP contribution >= 0.6 is 11.8 Å². The van der Waals surface area contributed by atoms with Gasteiger partial charge >= 0.3 is 5.97 Å². The summed E-state index contributed by atoms with van der Waals surface area (Å²) in [6.07, 6.45) is 0.592. The quantitative estimate of drug-likeness (QED) is 0.827. The van der Waals surface area contributed by atoms with E-state index in [9.17, 15) is 4.79 Å². The van der Waals surface area contributed by atoms with E-state index in [4.69, 9.17) is 9.63 Å². The first kappa shape index (κ1) is 13.0. The van der Waals surface area contributed by atoms with Gasteiger partial charge in [-0.1, -0.05) is 25.9 Å². The molecule has 6 heteroatoms. The van der Waals surface area contributed by atoms with E-state index in [0.29, 0.717) is 23.9 Å². The first-order valence-corrected chi connectivity index (χ1v) is 6.26. The zero-order valence-corrected chi connectivity index (χ0v) is 10.5. The van der Waals surface area contributed by atoms with Crippen LogP contribution in [0.5, 0.6) is 0 Å². The van der Waals surface area contributed by atoms with Crippen LogP contribution in [0.15, 0.2) is 4.52 Å². The molecule has 0 aliphatic carbocycles. The van der Waals surface area contributed by atoms with Gasteiger partial charge in [0.05, 0.1) is 5.75 Å². The molecule has 0 aliphatic heterocycles. The number of carboxylic acids is 1. The number of thioether (sulfide) groups is 1. The Morgan fingerprint density at radius 1 is 1.56 bits per heavy atom. The Bertz CT molecular complexity index is 352. The number of hydrogen-bond acceptors (Lipinski definition) is 5. The molecule has 1 heterocycles. The Morgan fingerprint density at radius 2 is 2.25 bits per heavy atom. The van der Waals surface area contributed by atoms with Crippen LogP contribution in [0, 0.1) is 0 Å². The molecule has 0 saturated carbocycles. The fraction of sp³-hybridized carbons (Fsp3) is 0.700. The Labute approximate surface area is 98.6 Å². The van der Waals surface area contributed by atoms with Crippen molar-refractivity contribution < 1.29 is 14.4 Å². The summed E-state index contributed by atoms with van der Waals surface area (Å²) in [4.78, 5) is 15.0. The highest BCUT2D eigenvalue weighted by molar-refractivity contribution is 7.99. The van der Waals surface area contributed by atoms with Gasteiger partial charge in [-0.25, -0.2) is 0 Å². The minimum atomic E-state index is -0.792. The Kier molecular flexibility index (Phi) is 4.79. The van der Waals surface area contributed by atoms with Gasteiger partial charge in [-0.2, -0.15) is 4.98 Å². The molecule has 1 rings (SSSR count). The second kappa shape index (κ2) is 5.89. The van der Waals surface area contributed by atoms with Crippen LogP contribution in [0.1, 0.15) is 44.8 Å². The van der Waals surface area contributed by atoms with Crippen molar-refractivity contribution in [3.8, 4) is 0 Å². The zero-order chi connectivity index (χ0) is 12.1. The molecule has 0 radical (unpaired) electrons. The summed E-state index contributed by atoms with van der Waals surface area (Å²) in [6.45, 7) is 5.79. The van der Waals surface area contributed by atoms with Gasteiger partial charge in [0.2, 0.25) is 5.89 Å². The number of nitrogens with zero attached hydrogens (tertiary/aromatic N) is 2. The van der Waals surface area contributed by atoms with Gasteiger partial charge in [-0.3, -0.25) is 4.79 Å². The van der Waals surface area contributed by atoms with Crippen molar-refractivity contribution in [3.05, 3.63) is 11.7 Å². The fourth-order valence-electron chi connectivity index (χ4n) is 1.10. The minimum absolute atomic E-state index is 0.202. The van der Waals surface area contributed by atoms with Crippen LogP contribution < -0.4 is 0 Å². The highest BCUT2D eigenvalue weighted by atomic mass is 32.2. The molecule has 1 N–H and O–H groups in total. The van der Waals surface area contributed by atoms with E-state index in [1.54, 1.807) is 0 Å². The van der Waals surface area contributed by atoms with Crippen LogP contribution in [0.2, 0.25) is 0 Å². The smallest absolute Gasteiger partial charge is 0.316 e. The van der Waals surface area contributed by atoms with Crippen LogP contribution in [-0.4, -0.2) is 26.5 Å². The molecule has 5 nitrogen and oxygen atoms in total. The molecule has 1 aromatic rings. The maximum Gasteiger partial charge on any atom is 0.316 e. The summed E-state index contributed by atoms with van der Waals surface area (Å²) >= 11 is 1.32. The summed E-state index contributed by atoms with van der Waals surface area (Å²) < 4.78 is 5.03. The van der Waals surface area contributed by atoms with Crippen LogP contribution in [-0.2, 0) is 10.5 Å². The molecule has 0 spiro atoms. The molecular formula is C10H16N2O3S. The van der Waals surface area contributed by atoms with Crippen molar-refractivity contribution in [1.82, 2.24) is 10.1 Å². The maximum absolute atomic E-state index is 10.8. The number of carboxylic acid groups (broad SMARTS) is 1. The largest absolute Gasteiger partial charge is 0.480 e. The minimum Gasteiger partial charge on any atom is -0.480 e. The lowest BCUT2D eigenvalue weighted by Crippen LogP contribution is -2.15. The van der Waals surface area contributed by atoms with E-state index < -0.39 is 11.2 Å². The monoisotopic (exact) mass is 244 g/mol. The number of aliphatic carboxylic acids is 1. The third-order valence-corrected chi connectivity index (χ3v) is 3.40. The van der Waals surface area contributed by atoms with E-state index in [-0.39, 0.29) is 5.92 Å². The lowest BCUT2D eigenvalue weighted by molar-refractivity contribution is -0.136. The molecule has 0 aromatic carbocycles. The molecule has 1 atom stereocenters. The van der Waals surface area contributed by atoms with Crippen molar-refractivity contribution in [3.63, 3.8) is 0 Å². The highest BCUT2D eigenvalue weighted by Gasteiger charge is 2.17. The average Bonchev–Trinajstić information content (AvgIpc) is 2.67. The molecule has 90 valence electrons. The molecule has 0 bridgehead atoms. The van der Waals surface area contributed by atoms with Gasteiger partial charge in [0.25, 0.3) is 0 Å². The molecule has 0 aliphatic rings. The molecule has 1 unspecified atom stereocenters. The molecule has 0 saturated heterocycles. The van der Waals surface area contributed by atoms with Crippen molar-refractivity contribution in [2.24, 2.45) is 0 Å². The lowest BCUT2D eigenvalue weighted by atomic mass is 10.2. The normalized spacial score (nSPS) is 13.0. The van der Waals surface area contributed by atoms with Crippen LogP contribution in [0.4, 0.5) is 0 Å². The van der Waals surface area contributed by atoms with Crippen molar-refractivity contribution >= 4 is 17.7 Å². The molecule has 16 heavy (non-hydrogen) atoms. The number of hydrogen-bond donors (Lipinski definition) is 1. The third-order valence-electron chi connectivity index (χ3n) is 2.04. The Morgan fingerprint density at radius 3 is 2.69 bits per heavy atom. The molecule has 0 amide bonds. The van der Waals surface area contributed by atoms with E-state index in [2.05, 4.69) is 10.1 Å². The molecule has 0 fully saturated rings. The summed E-state index contributed by atoms with van der Waals surface area (Å²) in [6, 6.07) is 0. The Hall–Kier alpha value is -1.04. The maximum atomic E-state index is 10.8. The summed E-state index contributed by atoms with van der Waals surface area (Å²) in [5, 5.41) is 12.3. The standard InChI is InChI=1S/C10H16N2O3S/c1-4-7(10(13)14)16-5-8-11-9(6(2)3)15-12-8/h6-7H,4-5H2,1-3H3,(H,13,14). The van der Waals surface area contributed by atoms with Gasteiger partial charge in [0.1, 0.15) is 5.25 Å². The predicted molar refractivity (Wildman–Crippen MR) is 61.4 cm³/mol. The van der Waals surface area contributed by atoms with Gasteiger partial charge in [0.15, 0.2) is 5.82 Å². The molecule has 1 aromatic heterocycles. The SMILES string of the molecule is CCC(SCc1noc(C(C)C)n1)C(=O)O. The lowest BCUT2D eigenvalue weighted by Gasteiger charge is -2.06. The Balaban J connectivity index is 2.50. The number of rotatable bonds is 6. The van der Waals surface area contributed by atoms with E-state index in [1.807, 2.05) is 20.8 Å². The zero-order valence-electron chi connectivity index (χ0n) is 9.64. The predicted octanol–water partition coefficient (Wildman–Crippen LogP) is 2.29. The summed E-state index contributed by atoms with van der Waals surface area (Å²) in [5.41, 5.74) is 0. The number of carbonyl (C=O) groups is 1. The fourth-order valence-corrected chi connectivity index (χ4v) is 1.95. The van der Waals surface area contributed by atoms with E-state index in [0.717, 1.165) is 0 Å². The van der Waals surface area contributed by atoms with Gasteiger partial charge in [0, 0.05) is 5.92 Å². The summed E-state index contributed by atoms with van der Waals surface area (Å²) in [7, 11) is 0. The summed E-state index contributed by atoms with van der Waals surface area (Å²) in [5.74, 6) is 1.04. The van der Waals surface area contributed by atoms with E-state index in [1.165, 1.54) is 11.8 Å².